The summed E-state index contributed by atoms with van der Waals surface area (Å²) in [7, 11) is 0. The summed E-state index contributed by atoms with van der Waals surface area (Å²) in [6.45, 7) is 0. The minimum atomic E-state index is -0.892. The smallest absolute Gasteiger partial charge is 0.417 e. The number of aliphatic carboxylic acids is 1. The average Bonchev–Trinajstić information content (AvgIpc) is 2.76. The van der Waals surface area contributed by atoms with Crippen molar-refractivity contribution in [3.05, 3.63) is 44.8 Å². The zero-order valence-corrected chi connectivity index (χ0v) is 10.4. The second kappa shape index (κ2) is 5.94. The van der Waals surface area contributed by atoms with E-state index in [1.807, 2.05) is 0 Å². The fourth-order valence-electron chi connectivity index (χ4n) is 1.97. The van der Waals surface area contributed by atoms with E-state index in [-0.39, 0.29) is 6.42 Å². The molecule has 8 heteroatoms. The Labute approximate surface area is 112 Å². The lowest BCUT2D eigenvalue weighted by Gasteiger charge is -2.10. The van der Waals surface area contributed by atoms with E-state index < -0.39 is 17.8 Å². The first-order valence-corrected chi connectivity index (χ1v) is 5.99. The van der Waals surface area contributed by atoms with Gasteiger partial charge >= 0.3 is 11.7 Å². The van der Waals surface area contributed by atoms with Crippen LogP contribution in [0.1, 0.15) is 30.9 Å². The van der Waals surface area contributed by atoms with Gasteiger partial charge in [0.15, 0.2) is 5.58 Å². The molecule has 0 saturated heterocycles. The summed E-state index contributed by atoms with van der Waals surface area (Å²) in [5.74, 6) is -1.44. The monoisotopic (exact) mass is 276 g/mol. The number of azide groups is 1. The highest BCUT2D eigenvalue weighted by atomic mass is 16.4. The standard InChI is InChI=1S/C12H12N4O4/c13-16-15-8(2-1-3-11(17)18)7-4-5-9-10(6-7)20-12(19)14-9/h4-6,8H,1-3H2,(H,14,19)(H,17,18). The zero-order chi connectivity index (χ0) is 14.5. The molecule has 0 saturated carbocycles. The summed E-state index contributed by atoms with van der Waals surface area (Å²) in [5, 5.41) is 12.3. The van der Waals surface area contributed by atoms with Crippen molar-refractivity contribution in [2.45, 2.75) is 25.3 Å². The van der Waals surface area contributed by atoms with Gasteiger partial charge in [0.1, 0.15) is 0 Å². The Morgan fingerprint density at radius 2 is 2.35 bits per heavy atom. The van der Waals surface area contributed by atoms with Gasteiger partial charge in [0, 0.05) is 11.3 Å². The number of benzene rings is 1. The molecule has 2 rings (SSSR count). The summed E-state index contributed by atoms with van der Waals surface area (Å²) < 4.78 is 4.94. The van der Waals surface area contributed by atoms with E-state index in [0.717, 1.165) is 0 Å². The molecule has 0 aliphatic heterocycles. The lowest BCUT2D eigenvalue weighted by molar-refractivity contribution is -0.137. The molecule has 0 spiro atoms. The molecule has 1 aromatic carbocycles. The lowest BCUT2D eigenvalue weighted by Crippen LogP contribution is -1.99. The molecule has 0 bridgehead atoms. The third-order valence-electron chi connectivity index (χ3n) is 2.89. The molecule has 20 heavy (non-hydrogen) atoms. The number of fused-ring (bicyclic) bond motifs is 1. The molecule has 8 nitrogen and oxygen atoms in total. The summed E-state index contributed by atoms with van der Waals surface area (Å²) >= 11 is 0. The fourth-order valence-corrected chi connectivity index (χ4v) is 1.97. The van der Waals surface area contributed by atoms with Crippen LogP contribution < -0.4 is 5.76 Å². The number of oxazole rings is 1. The number of hydrogen-bond acceptors (Lipinski definition) is 4. The van der Waals surface area contributed by atoms with Crippen LogP contribution in [0.3, 0.4) is 0 Å². The van der Waals surface area contributed by atoms with Gasteiger partial charge in [-0.25, -0.2) is 4.79 Å². The van der Waals surface area contributed by atoms with Crippen LogP contribution in [0.2, 0.25) is 0 Å². The number of aromatic amines is 1. The lowest BCUT2D eigenvalue weighted by atomic mass is 10.0. The number of nitrogens with one attached hydrogen (secondary N) is 1. The molecule has 0 fully saturated rings. The third-order valence-corrected chi connectivity index (χ3v) is 2.89. The molecular formula is C12H12N4O4. The van der Waals surface area contributed by atoms with E-state index in [9.17, 15) is 9.59 Å². The van der Waals surface area contributed by atoms with Crippen LogP contribution in [0.5, 0.6) is 0 Å². The largest absolute Gasteiger partial charge is 0.481 e. The van der Waals surface area contributed by atoms with Crippen molar-refractivity contribution in [1.82, 2.24) is 4.98 Å². The minimum Gasteiger partial charge on any atom is -0.481 e. The average molecular weight is 276 g/mol. The predicted molar refractivity (Wildman–Crippen MR) is 70.2 cm³/mol. The second-order valence-corrected chi connectivity index (χ2v) is 4.28. The maximum Gasteiger partial charge on any atom is 0.417 e. The van der Waals surface area contributed by atoms with Gasteiger partial charge in [-0.05, 0) is 36.1 Å². The van der Waals surface area contributed by atoms with Crippen LogP contribution in [-0.4, -0.2) is 16.1 Å². The zero-order valence-electron chi connectivity index (χ0n) is 10.4. The maximum atomic E-state index is 11.1. The van der Waals surface area contributed by atoms with Crippen LogP contribution in [0.25, 0.3) is 21.5 Å². The molecule has 1 heterocycles. The number of hydrogen-bond donors (Lipinski definition) is 2. The first-order chi connectivity index (χ1) is 9.60. The van der Waals surface area contributed by atoms with E-state index in [4.69, 9.17) is 15.1 Å². The normalized spacial score (nSPS) is 12.0. The fraction of sp³-hybridized carbons (Fsp3) is 0.333. The SMILES string of the molecule is [N-]=[N+]=NC(CCCC(=O)O)c1ccc2[nH]c(=O)oc2c1. The van der Waals surface area contributed by atoms with Gasteiger partial charge < -0.3 is 9.52 Å². The van der Waals surface area contributed by atoms with Crippen LogP contribution in [0.4, 0.5) is 0 Å². The quantitative estimate of drug-likeness (QED) is 0.476. The van der Waals surface area contributed by atoms with E-state index in [1.165, 1.54) is 0 Å². The molecule has 2 N–H and O–H groups in total. The minimum absolute atomic E-state index is 0.0128. The summed E-state index contributed by atoms with van der Waals surface area (Å²) in [6.07, 6.45) is 0.823. The van der Waals surface area contributed by atoms with Gasteiger partial charge in [-0.3, -0.25) is 9.78 Å². The Hall–Kier alpha value is -2.73. The highest BCUT2D eigenvalue weighted by Crippen LogP contribution is 2.26. The van der Waals surface area contributed by atoms with Crippen molar-refractivity contribution in [2.75, 3.05) is 0 Å². The Morgan fingerprint density at radius 3 is 3.05 bits per heavy atom. The number of carboxylic acids is 1. The highest BCUT2D eigenvalue weighted by molar-refractivity contribution is 5.72. The Morgan fingerprint density at radius 1 is 1.55 bits per heavy atom. The Bertz CT molecular complexity index is 726. The number of carboxylic acid groups (broad SMARTS) is 1. The molecule has 0 amide bonds. The van der Waals surface area contributed by atoms with Gasteiger partial charge in [-0.15, -0.1) is 0 Å². The molecule has 1 atom stereocenters. The first kappa shape index (κ1) is 13.7. The van der Waals surface area contributed by atoms with Crippen molar-refractivity contribution in [1.29, 1.82) is 0 Å². The molecule has 0 radical (unpaired) electrons. The van der Waals surface area contributed by atoms with E-state index in [0.29, 0.717) is 29.5 Å². The number of aromatic nitrogens is 1. The summed E-state index contributed by atoms with van der Waals surface area (Å²) in [4.78, 5) is 26.9. The Kier molecular flexibility index (Phi) is 4.07. The van der Waals surface area contributed by atoms with Crippen LogP contribution in [0.15, 0.2) is 32.5 Å². The second-order valence-electron chi connectivity index (χ2n) is 4.28. The van der Waals surface area contributed by atoms with Crippen molar-refractivity contribution in [3.63, 3.8) is 0 Å². The van der Waals surface area contributed by atoms with E-state index in [2.05, 4.69) is 15.0 Å². The van der Waals surface area contributed by atoms with E-state index in [1.54, 1.807) is 18.2 Å². The molecule has 1 aromatic heterocycles. The van der Waals surface area contributed by atoms with Crippen LogP contribution in [-0.2, 0) is 4.79 Å². The topological polar surface area (TPSA) is 132 Å². The summed E-state index contributed by atoms with van der Waals surface area (Å²) in [6, 6.07) is 4.51. The molecule has 1 unspecified atom stereocenters. The van der Waals surface area contributed by atoms with Crippen molar-refractivity contribution in [2.24, 2.45) is 5.11 Å². The predicted octanol–water partition coefficient (Wildman–Crippen LogP) is 2.73. The number of carbonyl (C=O) groups is 1. The number of nitrogens with zero attached hydrogens (tertiary/aromatic N) is 3. The molecule has 104 valence electrons. The van der Waals surface area contributed by atoms with E-state index >= 15 is 0 Å². The molecule has 2 aromatic rings. The summed E-state index contributed by atoms with van der Waals surface area (Å²) in [5.41, 5.74) is 10.2. The number of H-pyrrole nitrogens is 1. The third kappa shape index (κ3) is 3.18. The van der Waals surface area contributed by atoms with Crippen molar-refractivity contribution in [3.8, 4) is 0 Å². The molecule has 0 aliphatic carbocycles. The van der Waals surface area contributed by atoms with Crippen molar-refractivity contribution < 1.29 is 14.3 Å². The van der Waals surface area contributed by atoms with Crippen molar-refractivity contribution >= 4 is 17.1 Å². The number of rotatable bonds is 6. The van der Waals surface area contributed by atoms with Gasteiger partial charge in [0.2, 0.25) is 0 Å². The van der Waals surface area contributed by atoms with Gasteiger partial charge in [-0.1, -0.05) is 11.2 Å². The van der Waals surface area contributed by atoms with Gasteiger partial charge in [0.25, 0.3) is 0 Å². The van der Waals surface area contributed by atoms with Crippen LogP contribution in [0, 0.1) is 0 Å². The Balaban J connectivity index is 2.23. The highest BCUT2D eigenvalue weighted by Gasteiger charge is 2.12. The maximum absolute atomic E-state index is 11.1. The molecular weight excluding hydrogens is 264 g/mol. The first-order valence-electron chi connectivity index (χ1n) is 5.99. The molecule has 0 aliphatic rings. The van der Waals surface area contributed by atoms with Gasteiger partial charge in [0.05, 0.1) is 11.6 Å². The van der Waals surface area contributed by atoms with Gasteiger partial charge in [-0.2, -0.15) is 0 Å². The van der Waals surface area contributed by atoms with Crippen LogP contribution >= 0.6 is 0 Å².